The number of carbonyl (C=O) groups is 2. The normalized spacial score (nSPS) is 12.2. The molecule has 0 spiro atoms. The number of esters is 1. The van der Waals surface area contributed by atoms with E-state index in [0.29, 0.717) is 5.02 Å². The molecule has 0 aliphatic carbocycles. The molecule has 1 amide bonds. The topological polar surface area (TPSA) is 55.4 Å². The van der Waals surface area contributed by atoms with Crippen molar-refractivity contribution in [3.05, 3.63) is 76.1 Å². The van der Waals surface area contributed by atoms with Crippen LogP contribution in [0.15, 0.2) is 60.7 Å². The molecule has 6 heteroatoms. The van der Waals surface area contributed by atoms with Gasteiger partial charge >= 0.3 is 5.97 Å². The number of hydrogen-bond acceptors (Lipinski definition) is 4. The van der Waals surface area contributed by atoms with Crippen molar-refractivity contribution in [1.82, 2.24) is 5.32 Å². The number of hydrogen-bond donors (Lipinski definition) is 1. The van der Waals surface area contributed by atoms with E-state index in [2.05, 4.69) is 5.32 Å². The van der Waals surface area contributed by atoms with Crippen LogP contribution in [0.5, 0.6) is 0 Å². The van der Waals surface area contributed by atoms with Crippen LogP contribution in [0.3, 0.4) is 0 Å². The Morgan fingerprint density at radius 1 is 1.15 bits per heavy atom. The average Bonchev–Trinajstić information content (AvgIpc) is 3.01. The van der Waals surface area contributed by atoms with E-state index in [-0.39, 0.29) is 18.6 Å². The minimum atomic E-state index is -0.592. The fourth-order valence-electron chi connectivity index (χ4n) is 2.58. The van der Waals surface area contributed by atoms with Gasteiger partial charge in [-0.3, -0.25) is 4.79 Å². The third-order valence-corrected chi connectivity index (χ3v) is 5.61. The summed E-state index contributed by atoms with van der Waals surface area (Å²) in [6.07, 6.45) is 2.89. The zero-order chi connectivity index (χ0) is 19.2. The molecule has 3 rings (SSSR count). The Bertz CT molecular complexity index is 982. The fourth-order valence-corrected chi connectivity index (χ4v) is 3.98. The molecule has 0 bridgehead atoms. The van der Waals surface area contributed by atoms with Gasteiger partial charge in [0, 0.05) is 21.0 Å². The predicted octanol–water partition coefficient (Wildman–Crippen LogP) is 4.99. The van der Waals surface area contributed by atoms with E-state index in [0.717, 1.165) is 20.5 Å². The second-order valence-electron chi connectivity index (χ2n) is 5.92. The lowest BCUT2D eigenvalue weighted by molar-refractivity contribution is -0.144. The maximum Gasteiger partial charge on any atom is 0.331 e. The van der Waals surface area contributed by atoms with Crippen LogP contribution in [-0.4, -0.2) is 18.5 Å². The van der Waals surface area contributed by atoms with Crippen LogP contribution < -0.4 is 5.32 Å². The Morgan fingerprint density at radius 3 is 2.59 bits per heavy atom. The van der Waals surface area contributed by atoms with E-state index in [1.807, 2.05) is 61.5 Å². The van der Waals surface area contributed by atoms with Crippen molar-refractivity contribution in [2.24, 2.45) is 0 Å². The van der Waals surface area contributed by atoms with Crippen molar-refractivity contribution in [1.29, 1.82) is 0 Å². The van der Waals surface area contributed by atoms with E-state index in [1.54, 1.807) is 6.08 Å². The second-order valence-corrected chi connectivity index (χ2v) is 7.38. The molecule has 0 radical (unpaired) electrons. The quantitative estimate of drug-likeness (QED) is 0.469. The number of carbonyl (C=O) groups excluding carboxylic acids is 2. The fraction of sp³-hybridized carbons (Fsp3) is 0.143. The van der Waals surface area contributed by atoms with Crippen molar-refractivity contribution >= 4 is 51.0 Å². The van der Waals surface area contributed by atoms with E-state index in [1.165, 1.54) is 17.4 Å². The molecule has 1 heterocycles. The summed E-state index contributed by atoms with van der Waals surface area (Å²) in [5.74, 6) is -0.945. The maximum atomic E-state index is 11.9. The number of fused-ring (bicyclic) bond motifs is 1. The molecule has 0 aliphatic heterocycles. The van der Waals surface area contributed by atoms with Gasteiger partial charge in [-0.05, 0) is 24.6 Å². The highest BCUT2D eigenvalue weighted by Crippen LogP contribution is 2.35. The van der Waals surface area contributed by atoms with Crippen LogP contribution in [0.2, 0.25) is 5.02 Å². The average molecular weight is 400 g/mol. The Labute approximate surface area is 166 Å². The largest absolute Gasteiger partial charge is 0.452 e. The first-order valence-corrected chi connectivity index (χ1v) is 9.60. The number of ether oxygens (including phenoxy) is 1. The predicted molar refractivity (Wildman–Crippen MR) is 110 cm³/mol. The molecular formula is C21H18ClNO3S. The van der Waals surface area contributed by atoms with Gasteiger partial charge in [0.2, 0.25) is 0 Å². The molecule has 1 atom stereocenters. The Balaban J connectivity index is 1.52. The molecule has 27 heavy (non-hydrogen) atoms. The third-order valence-electron chi connectivity index (χ3n) is 3.95. The Kier molecular flexibility index (Phi) is 6.27. The van der Waals surface area contributed by atoms with Gasteiger partial charge in [-0.25, -0.2) is 4.79 Å². The molecule has 0 unspecified atom stereocenters. The minimum Gasteiger partial charge on any atom is -0.452 e. The van der Waals surface area contributed by atoms with E-state index in [9.17, 15) is 9.59 Å². The number of rotatable bonds is 6. The lowest BCUT2D eigenvalue weighted by atomic mass is 10.1. The van der Waals surface area contributed by atoms with E-state index in [4.69, 9.17) is 16.3 Å². The minimum absolute atomic E-state index is 0.162. The molecule has 0 fully saturated rings. The molecule has 138 valence electrons. The van der Waals surface area contributed by atoms with Gasteiger partial charge in [0.05, 0.1) is 11.1 Å². The van der Waals surface area contributed by atoms with Gasteiger partial charge in [-0.1, -0.05) is 60.1 Å². The molecule has 4 nitrogen and oxygen atoms in total. The summed E-state index contributed by atoms with van der Waals surface area (Å²) < 4.78 is 6.05. The standard InChI is InChI=1S/C21H18ClNO3S/c1-14(15-7-3-2-4-8-15)23-19(24)13-26-20(25)12-11-18-21(22)16-9-5-6-10-17(16)27-18/h2-12,14H,13H2,1H3,(H,23,24)/b12-11+/t14-/m1/s1. The van der Waals surface area contributed by atoms with Crippen molar-refractivity contribution in [2.75, 3.05) is 6.61 Å². The number of halogens is 1. The lowest BCUT2D eigenvalue weighted by Crippen LogP contribution is -2.30. The zero-order valence-corrected chi connectivity index (χ0v) is 16.2. The van der Waals surface area contributed by atoms with E-state index >= 15 is 0 Å². The maximum absolute atomic E-state index is 11.9. The van der Waals surface area contributed by atoms with Gasteiger partial charge < -0.3 is 10.1 Å². The number of nitrogens with one attached hydrogen (secondary N) is 1. The molecule has 0 saturated carbocycles. The number of benzene rings is 2. The molecule has 1 aromatic heterocycles. The third kappa shape index (κ3) is 4.96. The molecule has 2 aromatic carbocycles. The lowest BCUT2D eigenvalue weighted by Gasteiger charge is -2.13. The van der Waals surface area contributed by atoms with Crippen molar-refractivity contribution in [2.45, 2.75) is 13.0 Å². The first-order valence-electron chi connectivity index (χ1n) is 8.41. The smallest absolute Gasteiger partial charge is 0.331 e. The summed E-state index contributed by atoms with van der Waals surface area (Å²) in [5, 5.41) is 4.35. The zero-order valence-electron chi connectivity index (χ0n) is 14.6. The first-order chi connectivity index (χ1) is 13.0. The van der Waals surface area contributed by atoms with Gasteiger partial charge in [0.25, 0.3) is 5.91 Å². The molecule has 0 aliphatic rings. The van der Waals surface area contributed by atoms with Gasteiger partial charge in [-0.15, -0.1) is 11.3 Å². The summed E-state index contributed by atoms with van der Waals surface area (Å²) in [5.41, 5.74) is 0.983. The molecule has 3 aromatic rings. The summed E-state index contributed by atoms with van der Waals surface area (Å²) in [6, 6.07) is 17.2. The number of thiophene rings is 1. The molecule has 0 saturated heterocycles. The Hall–Kier alpha value is -2.63. The summed E-state index contributed by atoms with van der Waals surface area (Å²) in [4.78, 5) is 24.6. The van der Waals surface area contributed by atoms with E-state index < -0.39 is 5.97 Å². The summed E-state index contributed by atoms with van der Waals surface area (Å²) in [6.45, 7) is 1.54. The van der Waals surface area contributed by atoms with Crippen LogP contribution in [0, 0.1) is 0 Å². The highest BCUT2D eigenvalue weighted by molar-refractivity contribution is 7.20. The van der Waals surface area contributed by atoms with Gasteiger partial charge in [0.1, 0.15) is 0 Å². The van der Waals surface area contributed by atoms with Crippen LogP contribution in [0.1, 0.15) is 23.4 Å². The summed E-state index contributed by atoms with van der Waals surface area (Å²) >= 11 is 7.82. The monoisotopic (exact) mass is 399 g/mol. The number of amides is 1. The van der Waals surface area contributed by atoms with Crippen LogP contribution in [0.25, 0.3) is 16.2 Å². The molecule has 1 N–H and O–H groups in total. The SMILES string of the molecule is C[C@@H](NC(=O)COC(=O)/C=C/c1sc2ccccc2c1Cl)c1ccccc1. The van der Waals surface area contributed by atoms with Crippen molar-refractivity contribution < 1.29 is 14.3 Å². The molecular weight excluding hydrogens is 382 g/mol. The highest BCUT2D eigenvalue weighted by atomic mass is 35.5. The van der Waals surface area contributed by atoms with Gasteiger partial charge in [-0.2, -0.15) is 0 Å². The van der Waals surface area contributed by atoms with Crippen molar-refractivity contribution in [3.63, 3.8) is 0 Å². The first kappa shape index (κ1) is 19.1. The van der Waals surface area contributed by atoms with Crippen LogP contribution in [0.4, 0.5) is 0 Å². The van der Waals surface area contributed by atoms with Crippen LogP contribution in [-0.2, 0) is 14.3 Å². The van der Waals surface area contributed by atoms with Crippen molar-refractivity contribution in [3.8, 4) is 0 Å². The summed E-state index contributed by atoms with van der Waals surface area (Å²) in [7, 11) is 0. The van der Waals surface area contributed by atoms with Gasteiger partial charge in [0.15, 0.2) is 6.61 Å². The second kappa shape index (κ2) is 8.84. The highest BCUT2D eigenvalue weighted by Gasteiger charge is 2.11. The van der Waals surface area contributed by atoms with Crippen LogP contribution >= 0.6 is 22.9 Å². The Morgan fingerprint density at radius 2 is 1.85 bits per heavy atom.